The van der Waals surface area contributed by atoms with Gasteiger partial charge in [0.2, 0.25) is 0 Å². The predicted octanol–water partition coefficient (Wildman–Crippen LogP) is 7.00. The number of nitrogens with zero attached hydrogens (tertiary/aromatic N) is 2. The van der Waals surface area contributed by atoms with Crippen LogP contribution >= 0.6 is 15.9 Å². The van der Waals surface area contributed by atoms with E-state index in [9.17, 15) is 4.79 Å². The summed E-state index contributed by atoms with van der Waals surface area (Å²) < 4.78 is 6.83. The molecule has 0 saturated carbocycles. The number of amides is 1. The number of carbonyl (C=O) groups is 1. The van der Waals surface area contributed by atoms with Crippen molar-refractivity contribution in [2.24, 2.45) is 5.10 Å². The molecule has 5 rings (SSSR count). The summed E-state index contributed by atoms with van der Waals surface area (Å²) in [7, 11) is 0. The van der Waals surface area contributed by atoms with E-state index in [-0.39, 0.29) is 5.91 Å². The third-order valence-corrected chi connectivity index (χ3v) is 6.02. The zero-order valence-electron chi connectivity index (χ0n) is 18.3. The number of benzene rings is 3. The average Bonchev–Trinajstić information content (AvgIpc) is 3.33. The molecule has 166 valence electrons. The van der Waals surface area contributed by atoms with Crippen molar-refractivity contribution >= 4 is 39.0 Å². The lowest BCUT2D eigenvalue weighted by molar-refractivity contribution is 0.0956. The minimum Gasteiger partial charge on any atom is -0.455 e. The van der Waals surface area contributed by atoms with Crippen molar-refractivity contribution in [2.75, 3.05) is 0 Å². The van der Waals surface area contributed by atoms with E-state index in [4.69, 9.17) is 9.40 Å². The van der Waals surface area contributed by atoms with Gasteiger partial charge >= 0.3 is 0 Å². The van der Waals surface area contributed by atoms with Crippen LogP contribution in [0.15, 0.2) is 105 Å². The molecular formula is C28H20BrN3O2. The van der Waals surface area contributed by atoms with Crippen LogP contribution in [0.4, 0.5) is 0 Å². The molecule has 0 bridgehead atoms. The van der Waals surface area contributed by atoms with Crippen LogP contribution in [0, 0.1) is 6.92 Å². The Kier molecular flexibility index (Phi) is 6.06. The van der Waals surface area contributed by atoms with Gasteiger partial charge in [-0.3, -0.25) is 4.79 Å². The Morgan fingerprint density at radius 3 is 2.56 bits per heavy atom. The summed E-state index contributed by atoms with van der Waals surface area (Å²) in [5.74, 6) is 0.950. The van der Waals surface area contributed by atoms with E-state index >= 15 is 0 Å². The summed E-state index contributed by atoms with van der Waals surface area (Å²) >= 11 is 3.43. The molecule has 0 aliphatic heterocycles. The van der Waals surface area contributed by atoms with Crippen LogP contribution in [0.25, 0.3) is 33.5 Å². The fourth-order valence-corrected chi connectivity index (χ4v) is 4.03. The Hall–Kier alpha value is -4.03. The monoisotopic (exact) mass is 509 g/mol. The molecule has 6 heteroatoms. The zero-order chi connectivity index (χ0) is 23.5. The lowest BCUT2D eigenvalue weighted by Crippen LogP contribution is -2.18. The number of hydrogen-bond donors (Lipinski definition) is 1. The Morgan fingerprint density at radius 1 is 0.971 bits per heavy atom. The summed E-state index contributed by atoms with van der Waals surface area (Å²) in [5.41, 5.74) is 7.67. The number of rotatable bonds is 5. The molecule has 2 heterocycles. The summed E-state index contributed by atoms with van der Waals surface area (Å²) in [6, 6.07) is 28.9. The van der Waals surface area contributed by atoms with Gasteiger partial charge in [-0.25, -0.2) is 10.4 Å². The van der Waals surface area contributed by atoms with Gasteiger partial charge in [-0.05, 0) is 48.9 Å². The maximum absolute atomic E-state index is 13.1. The molecule has 0 saturated heterocycles. The molecule has 1 amide bonds. The molecule has 3 aromatic carbocycles. The molecule has 1 N–H and O–H groups in total. The first kappa shape index (κ1) is 21.8. The number of nitrogens with one attached hydrogen (secondary N) is 1. The number of aryl methyl sites for hydroxylation is 1. The largest absolute Gasteiger partial charge is 0.455 e. The molecule has 0 unspecified atom stereocenters. The molecule has 0 atom stereocenters. The quantitative estimate of drug-likeness (QED) is 0.205. The average molecular weight is 510 g/mol. The molecule has 0 aliphatic carbocycles. The van der Waals surface area contributed by atoms with Gasteiger partial charge in [0.15, 0.2) is 0 Å². The molecule has 5 nitrogen and oxygen atoms in total. The second-order valence-electron chi connectivity index (χ2n) is 7.80. The molecule has 34 heavy (non-hydrogen) atoms. The number of furan rings is 1. The van der Waals surface area contributed by atoms with Crippen LogP contribution in [0.3, 0.4) is 0 Å². The first-order chi connectivity index (χ1) is 16.6. The first-order valence-electron chi connectivity index (χ1n) is 10.7. The first-order valence-corrected chi connectivity index (χ1v) is 11.5. The molecule has 0 radical (unpaired) electrons. The number of para-hydroxylation sites is 1. The van der Waals surface area contributed by atoms with Crippen molar-refractivity contribution in [3.05, 3.63) is 112 Å². The standard InChI is InChI=1S/C28H20BrN3O2/c1-18-6-2-3-7-22(18)26-16-24(23-8-4-5-9-25(23)31-26)28(33)32-30-17-21-14-15-27(34-21)19-10-12-20(29)13-11-19/h2-17H,1H3,(H,32,33). The van der Waals surface area contributed by atoms with Crippen molar-refractivity contribution in [1.29, 1.82) is 0 Å². The van der Waals surface area contributed by atoms with E-state index in [0.717, 1.165) is 43.5 Å². The Labute approximate surface area is 205 Å². The van der Waals surface area contributed by atoms with Gasteiger partial charge in [-0.1, -0.05) is 70.5 Å². The maximum Gasteiger partial charge on any atom is 0.272 e. The van der Waals surface area contributed by atoms with Crippen LogP contribution in [0.5, 0.6) is 0 Å². The van der Waals surface area contributed by atoms with Gasteiger partial charge in [0.1, 0.15) is 11.5 Å². The normalized spacial score (nSPS) is 11.2. The van der Waals surface area contributed by atoms with Crippen molar-refractivity contribution < 1.29 is 9.21 Å². The highest BCUT2D eigenvalue weighted by Crippen LogP contribution is 2.27. The fourth-order valence-electron chi connectivity index (χ4n) is 3.77. The molecule has 5 aromatic rings. The number of fused-ring (bicyclic) bond motifs is 1. The Morgan fingerprint density at radius 2 is 1.74 bits per heavy atom. The molecule has 2 aromatic heterocycles. The van der Waals surface area contributed by atoms with Gasteiger partial charge in [-0.15, -0.1) is 0 Å². The summed E-state index contributed by atoms with van der Waals surface area (Å²) in [6.07, 6.45) is 1.49. The van der Waals surface area contributed by atoms with Gasteiger partial charge in [0.05, 0.1) is 23.0 Å². The van der Waals surface area contributed by atoms with Gasteiger partial charge in [0, 0.05) is 21.0 Å². The van der Waals surface area contributed by atoms with E-state index < -0.39 is 0 Å². The second kappa shape index (κ2) is 9.45. The second-order valence-corrected chi connectivity index (χ2v) is 8.71. The molecular weight excluding hydrogens is 490 g/mol. The lowest BCUT2D eigenvalue weighted by Gasteiger charge is -2.10. The summed E-state index contributed by atoms with van der Waals surface area (Å²) in [4.78, 5) is 17.9. The van der Waals surface area contributed by atoms with Crippen molar-refractivity contribution in [3.63, 3.8) is 0 Å². The number of hydrazone groups is 1. The lowest BCUT2D eigenvalue weighted by atomic mass is 10.0. The minimum atomic E-state index is -0.315. The van der Waals surface area contributed by atoms with E-state index in [1.807, 2.05) is 97.9 Å². The van der Waals surface area contributed by atoms with Crippen molar-refractivity contribution in [1.82, 2.24) is 10.4 Å². The third-order valence-electron chi connectivity index (χ3n) is 5.50. The van der Waals surface area contributed by atoms with E-state index in [1.54, 1.807) is 0 Å². The number of pyridine rings is 1. The smallest absolute Gasteiger partial charge is 0.272 e. The van der Waals surface area contributed by atoms with Crippen LogP contribution in [0.2, 0.25) is 0 Å². The van der Waals surface area contributed by atoms with Gasteiger partial charge < -0.3 is 4.42 Å². The van der Waals surface area contributed by atoms with Gasteiger partial charge in [-0.2, -0.15) is 5.10 Å². The number of carbonyl (C=O) groups excluding carboxylic acids is 1. The van der Waals surface area contributed by atoms with Crippen molar-refractivity contribution in [2.45, 2.75) is 6.92 Å². The molecule has 0 spiro atoms. The minimum absolute atomic E-state index is 0.315. The Bertz CT molecular complexity index is 1520. The summed E-state index contributed by atoms with van der Waals surface area (Å²) in [6.45, 7) is 2.03. The zero-order valence-corrected chi connectivity index (χ0v) is 19.9. The maximum atomic E-state index is 13.1. The van der Waals surface area contributed by atoms with E-state index in [1.165, 1.54) is 6.21 Å². The topological polar surface area (TPSA) is 67.5 Å². The third kappa shape index (κ3) is 4.54. The Balaban J connectivity index is 1.40. The van der Waals surface area contributed by atoms with Crippen LogP contribution in [0.1, 0.15) is 21.7 Å². The number of halogens is 1. The van der Waals surface area contributed by atoms with Crippen molar-refractivity contribution in [3.8, 4) is 22.6 Å². The van der Waals surface area contributed by atoms with Crippen LogP contribution in [-0.2, 0) is 0 Å². The highest BCUT2D eigenvalue weighted by molar-refractivity contribution is 9.10. The predicted molar refractivity (Wildman–Crippen MR) is 139 cm³/mol. The SMILES string of the molecule is Cc1ccccc1-c1cc(C(=O)NN=Cc2ccc(-c3ccc(Br)cc3)o2)c2ccccc2n1. The highest BCUT2D eigenvalue weighted by atomic mass is 79.9. The molecule has 0 aliphatic rings. The number of hydrogen-bond acceptors (Lipinski definition) is 4. The highest BCUT2D eigenvalue weighted by Gasteiger charge is 2.14. The van der Waals surface area contributed by atoms with Crippen LogP contribution in [-0.4, -0.2) is 17.1 Å². The fraction of sp³-hybridized carbons (Fsp3) is 0.0357. The van der Waals surface area contributed by atoms with Gasteiger partial charge in [0.25, 0.3) is 5.91 Å². The van der Waals surface area contributed by atoms with Crippen LogP contribution < -0.4 is 5.43 Å². The molecule has 0 fully saturated rings. The number of aromatic nitrogens is 1. The van der Waals surface area contributed by atoms with E-state index in [2.05, 4.69) is 26.5 Å². The summed E-state index contributed by atoms with van der Waals surface area (Å²) in [5, 5.41) is 4.89. The van der Waals surface area contributed by atoms with E-state index in [0.29, 0.717) is 11.3 Å².